The maximum atomic E-state index is 12.2. The molecule has 0 aromatic carbocycles. The Bertz CT molecular complexity index is 585. The highest BCUT2D eigenvalue weighted by Crippen LogP contribution is 2.47. The van der Waals surface area contributed by atoms with E-state index in [-0.39, 0.29) is 25.9 Å². The first kappa shape index (κ1) is 20.2. The van der Waals surface area contributed by atoms with Crippen molar-refractivity contribution in [1.82, 2.24) is 10.6 Å². The van der Waals surface area contributed by atoms with Gasteiger partial charge in [-0.25, -0.2) is 4.79 Å². The number of halogens is 3. The third-order valence-electron chi connectivity index (χ3n) is 5.88. The molecule has 8 nitrogen and oxygen atoms in total. The summed E-state index contributed by atoms with van der Waals surface area (Å²) in [7, 11) is 0. The second-order valence-corrected chi connectivity index (χ2v) is 7.72. The molecule has 4 rings (SSSR count). The maximum Gasteiger partial charge on any atom is 0.522 e. The van der Waals surface area contributed by atoms with Gasteiger partial charge in [-0.05, 0) is 32.1 Å². The number of carboxylic acid groups (broad SMARTS) is 1. The summed E-state index contributed by atoms with van der Waals surface area (Å²) in [6.07, 6.45) is -5.83. The summed E-state index contributed by atoms with van der Waals surface area (Å²) in [6.45, 7) is -0.278. The Balaban J connectivity index is 1.42. The number of fused-ring (bicyclic) bond motifs is 3. The Morgan fingerprint density at radius 2 is 1.70 bits per heavy atom. The SMILES string of the molecule is O=C(O)NC12CCC(NC(=O)COC3CC(OC(F)(F)F)C3)(CC1)C[C@@H]2O. The zero-order chi connectivity index (χ0) is 19.9. The summed E-state index contributed by atoms with van der Waals surface area (Å²) in [5.41, 5.74) is -1.47. The third-order valence-corrected chi connectivity index (χ3v) is 5.88. The lowest BCUT2D eigenvalue weighted by molar-refractivity contribution is -0.357. The van der Waals surface area contributed by atoms with Crippen molar-refractivity contribution in [3.05, 3.63) is 0 Å². The number of rotatable bonds is 6. The van der Waals surface area contributed by atoms with E-state index >= 15 is 0 Å². The van der Waals surface area contributed by atoms with Crippen molar-refractivity contribution in [2.75, 3.05) is 6.61 Å². The number of aliphatic hydroxyl groups excluding tert-OH is 1. The van der Waals surface area contributed by atoms with E-state index in [1.807, 2.05) is 0 Å². The molecule has 2 bridgehead atoms. The van der Waals surface area contributed by atoms with Gasteiger partial charge in [0.15, 0.2) is 0 Å². The first-order valence-corrected chi connectivity index (χ1v) is 8.87. The molecular weight excluding hydrogens is 373 g/mol. The van der Waals surface area contributed by atoms with Crippen LogP contribution in [0.25, 0.3) is 0 Å². The largest absolute Gasteiger partial charge is 0.522 e. The van der Waals surface area contributed by atoms with E-state index < -0.39 is 47.8 Å². The first-order valence-electron chi connectivity index (χ1n) is 8.87. The Morgan fingerprint density at radius 1 is 1.07 bits per heavy atom. The molecule has 0 saturated heterocycles. The van der Waals surface area contributed by atoms with E-state index in [4.69, 9.17) is 9.84 Å². The number of amides is 2. The summed E-state index contributed by atoms with van der Waals surface area (Å²) in [5, 5.41) is 24.6. The molecule has 0 aromatic rings. The standard InChI is InChI=1S/C16H23F3N2O6/c17-16(18,19)27-10-5-9(6-10)26-8-12(23)20-14-1-3-15(4-2-14,11(22)7-14)21-13(24)25/h9-11,21-22H,1-8H2,(H,20,23)(H,24,25)/t9?,10?,11-,14?,15?/m0/s1. The van der Waals surface area contributed by atoms with Gasteiger partial charge in [-0.15, -0.1) is 13.2 Å². The number of hydrogen-bond acceptors (Lipinski definition) is 5. The predicted molar refractivity (Wildman–Crippen MR) is 83.8 cm³/mol. The molecule has 0 unspecified atom stereocenters. The van der Waals surface area contributed by atoms with Gasteiger partial charge < -0.3 is 25.6 Å². The highest BCUT2D eigenvalue weighted by molar-refractivity contribution is 5.78. The molecular formula is C16H23F3N2O6. The van der Waals surface area contributed by atoms with Crippen molar-refractivity contribution < 1.29 is 42.4 Å². The molecule has 4 N–H and O–H groups in total. The van der Waals surface area contributed by atoms with Crippen LogP contribution in [0.3, 0.4) is 0 Å². The molecule has 2 amide bonds. The average molecular weight is 396 g/mol. The average Bonchev–Trinajstić information content (AvgIpc) is 2.49. The zero-order valence-electron chi connectivity index (χ0n) is 14.6. The van der Waals surface area contributed by atoms with Gasteiger partial charge >= 0.3 is 12.5 Å². The lowest BCUT2D eigenvalue weighted by Crippen LogP contribution is -2.70. The van der Waals surface area contributed by atoms with Gasteiger partial charge in [0.1, 0.15) is 6.61 Å². The molecule has 154 valence electrons. The summed E-state index contributed by atoms with van der Waals surface area (Å²) in [4.78, 5) is 23.1. The Labute approximate surface area is 153 Å². The van der Waals surface area contributed by atoms with Gasteiger partial charge in [0.05, 0.1) is 23.9 Å². The summed E-state index contributed by atoms with van der Waals surface area (Å²) < 4.78 is 45.4. The van der Waals surface area contributed by atoms with Crippen molar-refractivity contribution in [2.45, 2.75) is 80.7 Å². The van der Waals surface area contributed by atoms with Crippen molar-refractivity contribution in [3.8, 4) is 0 Å². The molecule has 0 aromatic heterocycles. The number of aliphatic hydroxyl groups is 1. The highest BCUT2D eigenvalue weighted by Gasteiger charge is 2.55. The van der Waals surface area contributed by atoms with E-state index in [1.54, 1.807) is 0 Å². The molecule has 0 aliphatic heterocycles. The molecule has 0 heterocycles. The number of carbonyl (C=O) groups excluding carboxylic acids is 1. The van der Waals surface area contributed by atoms with Gasteiger partial charge in [0, 0.05) is 18.4 Å². The van der Waals surface area contributed by atoms with E-state index in [2.05, 4.69) is 15.4 Å². The fourth-order valence-corrected chi connectivity index (χ4v) is 4.34. The lowest BCUT2D eigenvalue weighted by Gasteiger charge is -2.55. The van der Waals surface area contributed by atoms with Crippen LogP contribution in [0.1, 0.15) is 44.9 Å². The lowest BCUT2D eigenvalue weighted by atomic mass is 9.60. The van der Waals surface area contributed by atoms with Crippen LogP contribution in [0.15, 0.2) is 0 Å². The molecule has 4 fully saturated rings. The molecule has 27 heavy (non-hydrogen) atoms. The highest BCUT2D eigenvalue weighted by atomic mass is 19.4. The third kappa shape index (κ3) is 4.64. The first-order chi connectivity index (χ1) is 12.5. The number of carbonyl (C=O) groups is 2. The molecule has 4 saturated carbocycles. The van der Waals surface area contributed by atoms with Crippen LogP contribution in [0.4, 0.5) is 18.0 Å². The normalized spacial score (nSPS) is 38.1. The molecule has 11 heteroatoms. The zero-order valence-corrected chi connectivity index (χ0v) is 14.6. The van der Waals surface area contributed by atoms with Crippen LogP contribution in [-0.2, 0) is 14.3 Å². The van der Waals surface area contributed by atoms with Crippen molar-refractivity contribution in [3.63, 3.8) is 0 Å². The predicted octanol–water partition coefficient (Wildman–Crippen LogP) is 1.27. The molecule has 0 spiro atoms. The number of ether oxygens (including phenoxy) is 2. The summed E-state index contributed by atoms with van der Waals surface area (Å²) in [6, 6.07) is 0. The van der Waals surface area contributed by atoms with Crippen LogP contribution in [0, 0.1) is 0 Å². The van der Waals surface area contributed by atoms with Gasteiger partial charge in [-0.2, -0.15) is 0 Å². The van der Waals surface area contributed by atoms with E-state index in [0.29, 0.717) is 25.7 Å². The minimum Gasteiger partial charge on any atom is -0.465 e. The fraction of sp³-hybridized carbons (Fsp3) is 0.875. The summed E-state index contributed by atoms with van der Waals surface area (Å²) in [5.74, 6) is -0.400. The maximum absolute atomic E-state index is 12.2. The number of alkyl halides is 3. The second kappa shape index (κ2) is 7.10. The molecule has 1 atom stereocenters. The summed E-state index contributed by atoms with van der Waals surface area (Å²) >= 11 is 0. The molecule has 4 aliphatic carbocycles. The van der Waals surface area contributed by atoms with Gasteiger partial charge in [0.2, 0.25) is 5.91 Å². The van der Waals surface area contributed by atoms with Crippen LogP contribution >= 0.6 is 0 Å². The molecule has 4 aliphatic rings. The van der Waals surface area contributed by atoms with Gasteiger partial charge in [-0.1, -0.05) is 0 Å². The van der Waals surface area contributed by atoms with Crippen molar-refractivity contribution in [2.24, 2.45) is 0 Å². The number of nitrogens with one attached hydrogen (secondary N) is 2. The van der Waals surface area contributed by atoms with Gasteiger partial charge in [-0.3, -0.25) is 9.53 Å². The van der Waals surface area contributed by atoms with E-state index in [9.17, 15) is 27.9 Å². The molecule has 0 radical (unpaired) electrons. The number of hydrogen-bond donors (Lipinski definition) is 4. The van der Waals surface area contributed by atoms with E-state index in [1.165, 1.54) is 0 Å². The Kier molecular flexibility index (Phi) is 5.30. The van der Waals surface area contributed by atoms with Crippen LogP contribution in [-0.4, -0.2) is 64.6 Å². The Hall–Kier alpha value is -1.59. The van der Waals surface area contributed by atoms with E-state index in [0.717, 1.165) is 0 Å². The van der Waals surface area contributed by atoms with Gasteiger partial charge in [0.25, 0.3) is 0 Å². The monoisotopic (exact) mass is 396 g/mol. The van der Waals surface area contributed by atoms with Crippen LogP contribution in [0.2, 0.25) is 0 Å². The second-order valence-electron chi connectivity index (χ2n) is 7.72. The minimum atomic E-state index is -4.67. The quantitative estimate of drug-likeness (QED) is 0.537. The smallest absolute Gasteiger partial charge is 0.465 e. The van der Waals surface area contributed by atoms with Crippen LogP contribution < -0.4 is 10.6 Å². The Morgan fingerprint density at radius 3 is 2.22 bits per heavy atom. The minimum absolute atomic E-state index is 0.0834. The van der Waals surface area contributed by atoms with Crippen molar-refractivity contribution >= 4 is 12.0 Å². The van der Waals surface area contributed by atoms with Crippen molar-refractivity contribution in [1.29, 1.82) is 0 Å². The van der Waals surface area contributed by atoms with Crippen LogP contribution in [0.5, 0.6) is 0 Å². The fourth-order valence-electron chi connectivity index (χ4n) is 4.34. The topological polar surface area (TPSA) is 117 Å².